The number of hydrogen-bond acceptors (Lipinski definition) is 4. The zero-order chi connectivity index (χ0) is 15.2. The molecular weight excluding hydrogens is 258 g/mol. The van der Waals surface area contributed by atoms with Crippen LogP contribution >= 0.6 is 0 Å². The van der Waals surface area contributed by atoms with Crippen LogP contribution < -0.4 is 5.32 Å². The Bertz CT molecular complexity index is 488. The van der Waals surface area contributed by atoms with Crippen molar-refractivity contribution in [1.82, 2.24) is 5.32 Å². The number of nitrogens with one attached hydrogen (secondary N) is 1. The van der Waals surface area contributed by atoms with E-state index in [1.807, 2.05) is 20.8 Å². The van der Waals surface area contributed by atoms with Gasteiger partial charge < -0.3 is 4.74 Å². The molecule has 0 bridgehead atoms. The summed E-state index contributed by atoms with van der Waals surface area (Å²) in [4.78, 5) is 34.6. The van der Waals surface area contributed by atoms with Crippen LogP contribution in [0.25, 0.3) is 0 Å². The van der Waals surface area contributed by atoms with Crippen molar-refractivity contribution < 1.29 is 19.1 Å². The summed E-state index contributed by atoms with van der Waals surface area (Å²) in [6.45, 7) is 5.24. The van der Waals surface area contributed by atoms with Crippen LogP contribution in [0, 0.1) is 5.41 Å². The summed E-state index contributed by atoms with van der Waals surface area (Å²) in [6, 6.07) is 8.35. The Morgan fingerprint density at radius 3 is 2.25 bits per heavy atom. The van der Waals surface area contributed by atoms with E-state index in [0.29, 0.717) is 5.56 Å². The first-order chi connectivity index (χ1) is 9.28. The van der Waals surface area contributed by atoms with E-state index < -0.39 is 24.4 Å². The molecule has 0 atom stereocenters. The Balaban J connectivity index is 2.38. The summed E-state index contributed by atoms with van der Waals surface area (Å²) < 4.78 is 4.81. The first kappa shape index (κ1) is 15.9. The van der Waals surface area contributed by atoms with E-state index in [2.05, 4.69) is 5.32 Å². The Hall–Kier alpha value is -2.17. The van der Waals surface area contributed by atoms with Crippen molar-refractivity contribution in [3.63, 3.8) is 0 Å². The molecule has 0 aromatic heterocycles. The van der Waals surface area contributed by atoms with Crippen LogP contribution in [0.2, 0.25) is 0 Å². The summed E-state index contributed by atoms with van der Waals surface area (Å²) in [6.07, 6.45) is 0.215. The van der Waals surface area contributed by atoms with Gasteiger partial charge in [-0.1, -0.05) is 39.0 Å². The molecule has 0 saturated heterocycles. The summed E-state index contributed by atoms with van der Waals surface area (Å²) in [5, 5.41) is 2.16. The van der Waals surface area contributed by atoms with E-state index in [9.17, 15) is 14.4 Å². The minimum atomic E-state index is -0.638. The van der Waals surface area contributed by atoms with E-state index in [0.717, 1.165) is 0 Å². The van der Waals surface area contributed by atoms with Crippen molar-refractivity contribution in [3.05, 3.63) is 35.9 Å². The zero-order valence-electron chi connectivity index (χ0n) is 11.9. The number of hydrogen-bond donors (Lipinski definition) is 1. The predicted octanol–water partition coefficient (Wildman–Crippen LogP) is 1.92. The summed E-state index contributed by atoms with van der Waals surface area (Å²) >= 11 is 0. The van der Waals surface area contributed by atoms with Crippen LogP contribution in [0.15, 0.2) is 30.3 Å². The third-order valence-electron chi connectivity index (χ3n) is 2.33. The number of amides is 2. The second-order valence-electron chi connectivity index (χ2n) is 5.64. The smallest absolute Gasteiger partial charge is 0.306 e. The highest BCUT2D eigenvalue weighted by Gasteiger charge is 2.18. The molecule has 0 unspecified atom stereocenters. The van der Waals surface area contributed by atoms with Gasteiger partial charge in [-0.3, -0.25) is 19.7 Å². The number of esters is 1. The molecule has 0 aliphatic carbocycles. The van der Waals surface area contributed by atoms with Crippen LogP contribution in [0.5, 0.6) is 0 Å². The number of imide groups is 1. The third-order valence-corrected chi connectivity index (χ3v) is 2.33. The van der Waals surface area contributed by atoms with Gasteiger partial charge in [0.2, 0.25) is 0 Å². The van der Waals surface area contributed by atoms with Crippen molar-refractivity contribution in [1.29, 1.82) is 0 Å². The first-order valence-corrected chi connectivity index (χ1v) is 6.33. The number of carbonyl (C=O) groups excluding carboxylic acids is 3. The molecule has 1 aromatic carbocycles. The van der Waals surface area contributed by atoms with Crippen LogP contribution in [0.3, 0.4) is 0 Å². The maximum Gasteiger partial charge on any atom is 0.306 e. The standard InChI is InChI=1S/C15H19NO4/c1-15(2,3)9-13(18)20-10-12(17)16-14(19)11-7-5-4-6-8-11/h4-8H,9-10H2,1-3H3,(H,16,17,19). The lowest BCUT2D eigenvalue weighted by molar-refractivity contribution is -0.150. The van der Waals surface area contributed by atoms with Gasteiger partial charge in [-0.25, -0.2) is 0 Å². The van der Waals surface area contributed by atoms with E-state index in [1.165, 1.54) is 0 Å². The molecule has 1 rings (SSSR count). The van der Waals surface area contributed by atoms with Crippen molar-refractivity contribution >= 4 is 17.8 Å². The highest BCUT2D eigenvalue weighted by molar-refractivity contribution is 6.05. The normalized spacial score (nSPS) is 10.8. The second kappa shape index (κ2) is 6.84. The fourth-order valence-corrected chi connectivity index (χ4v) is 1.45. The third kappa shape index (κ3) is 6.13. The number of carbonyl (C=O) groups is 3. The predicted molar refractivity (Wildman–Crippen MR) is 73.9 cm³/mol. The Morgan fingerprint density at radius 2 is 1.70 bits per heavy atom. The van der Waals surface area contributed by atoms with Crippen molar-refractivity contribution in [2.45, 2.75) is 27.2 Å². The summed E-state index contributed by atoms with van der Waals surface area (Å²) in [7, 11) is 0. The van der Waals surface area contributed by atoms with Gasteiger partial charge in [-0.05, 0) is 17.5 Å². The van der Waals surface area contributed by atoms with Gasteiger partial charge >= 0.3 is 5.97 Å². The fourth-order valence-electron chi connectivity index (χ4n) is 1.45. The molecule has 0 aliphatic rings. The molecule has 2 amide bonds. The highest BCUT2D eigenvalue weighted by Crippen LogP contribution is 2.18. The van der Waals surface area contributed by atoms with E-state index in [-0.39, 0.29) is 11.8 Å². The minimum Gasteiger partial charge on any atom is -0.456 e. The molecule has 0 saturated carbocycles. The zero-order valence-corrected chi connectivity index (χ0v) is 11.9. The lowest BCUT2D eigenvalue weighted by Gasteiger charge is -2.16. The lowest BCUT2D eigenvalue weighted by Crippen LogP contribution is -2.34. The molecule has 108 valence electrons. The summed E-state index contributed by atoms with van der Waals surface area (Å²) in [5.74, 6) is -1.61. The van der Waals surface area contributed by atoms with Gasteiger partial charge in [0.15, 0.2) is 6.61 Å². The maximum absolute atomic E-state index is 11.7. The highest BCUT2D eigenvalue weighted by atomic mass is 16.5. The molecule has 0 aliphatic heterocycles. The average Bonchev–Trinajstić information content (AvgIpc) is 2.35. The molecule has 1 aromatic rings. The maximum atomic E-state index is 11.7. The SMILES string of the molecule is CC(C)(C)CC(=O)OCC(=O)NC(=O)c1ccccc1. The molecule has 0 heterocycles. The quantitative estimate of drug-likeness (QED) is 0.853. The molecular formula is C15H19NO4. The van der Waals surface area contributed by atoms with Crippen LogP contribution in [0.1, 0.15) is 37.6 Å². The Labute approximate surface area is 118 Å². The number of rotatable bonds is 4. The lowest BCUT2D eigenvalue weighted by atomic mass is 9.93. The van der Waals surface area contributed by atoms with E-state index in [1.54, 1.807) is 30.3 Å². The fraction of sp³-hybridized carbons (Fsp3) is 0.400. The van der Waals surface area contributed by atoms with Crippen LogP contribution in [-0.2, 0) is 14.3 Å². The van der Waals surface area contributed by atoms with Crippen LogP contribution in [-0.4, -0.2) is 24.4 Å². The molecule has 20 heavy (non-hydrogen) atoms. The van der Waals surface area contributed by atoms with Crippen LogP contribution in [0.4, 0.5) is 0 Å². The van der Waals surface area contributed by atoms with Crippen molar-refractivity contribution in [3.8, 4) is 0 Å². The first-order valence-electron chi connectivity index (χ1n) is 6.33. The number of benzene rings is 1. The molecule has 0 spiro atoms. The van der Waals surface area contributed by atoms with Gasteiger partial charge in [-0.15, -0.1) is 0 Å². The summed E-state index contributed by atoms with van der Waals surface area (Å²) in [5.41, 5.74) is 0.176. The van der Waals surface area contributed by atoms with Gasteiger partial charge in [0.25, 0.3) is 11.8 Å². The monoisotopic (exact) mass is 277 g/mol. The van der Waals surface area contributed by atoms with Crippen molar-refractivity contribution in [2.24, 2.45) is 5.41 Å². The molecule has 5 heteroatoms. The minimum absolute atomic E-state index is 0.201. The molecule has 0 radical (unpaired) electrons. The Kier molecular flexibility index (Phi) is 5.43. The van der Waals surface area contributed by atoms with Gasteiger partial charge in [0, 0.05) is 5.56 Å². The van der Waals surface area contributed by atoms with Gasteiger partial charge in [-0.2, -0.15) is 0 Å². The van der Waals surface area contributed by atoms with Crippen molar-refractivity contribution in [2.75, 3.05) is 6.61 Å². The average molecular weight is 277 g/mol. The van der Waals surface area contributed by atoms with E-state index in [4.69, 9.17) is 4.74 Å². The van der Waals surface area contributed by atoms with Gasteiger partial charge in [0.05, 0.1) is 6.42 Å². The Morgan fingerprint density at radius 1 is 1.10 bits per heavy atom. The largest absolute Gasteiger partial charge is 0.456 e. The molecule has 5 nitrogen and oxygen atoms in total. The molecule has 1 N–H and O–H groups in total. The topological polar surface area (TPSA) is 72.5 Å². The second-order valence-corrected chi connectivity index (χ2v) is 5.64. The van der Waals surface area contributed by atoms with E-state index >= 15 is 0 Å². The molecule has 0 fully saturated rings. The number of ether oxygens (including phenoxy) is 1. The van der Waals surface area contributed by atoms with Gasteiger partial charge in [0.1, 0.15) is 0 Å².